The Morgan fingerprint density at radius 2 is 1.88 bits per heavy atom. The van der Waals surface area contributed by atoms with Gasteiger partial charge in [0.15, 0.2) is 0 Å². The number of hydrogen-bond donors (Lipinski definition) is 2. The van der Waals surface area contributed by atoms with E-state index in [4.69, 9.17) is 0 Å². The average molecular weight is 256 g/mol. The van der Waals surface area contributed by atoms with Crippen LogP contribution in [0.15, 0.2) is 30.3 Å². The van der Waals surface area contributed by atoms with Gasteiger partial charge in [0.05, 0.1) is 5.75 Å². The van der Waals surface area contributed by atoms with E-state index in [0.29, 0.717) is 13.1 Å². The molecule has 0 saturated heterocycles. The van der Waals surface area contributed by atoms with E-state index in [9.17, 15) is 8.42 Å². The summed E-state index contributed by atoms with van der Waals surface area (Å²) in [6.07, 6.45) is 0. The van der Waals surface area contributed by atoms with Crippen LogP contribution in [0.1, 0.15) is 25.5 Å². The van der Waals surface area contributed by atoms with Crippen molar-refractivity contribution in [1.82, 2.24) is 10.0 Å². The van der Waals surface area contributed by atoms with Crippen LogP contribution in [0.3, 0.4) is 0 Å². The molecule has 4 nitrogen and oxygen atoms in total. The number of nitrogens with one attached hydrogen (secondary N) is 2. The minimum absolute atomic E-state index is 0.109. The fourth-order valence-corrected chi connectivity index (χ4v) is 2.53. The van der Waals surface area contributed by atoms with Crippen molar-refractivity contribution in [3.8, 4) is 0 Å². The molecule has 5 heteroatoms. The Balaban J connectivity index is 2.37. The smallest absolute Gasteiger partial charge is 0.212 e. The number of benzene rings is 1. The lowest BCUT2D eigenvalue weighted by Gasteiger charge is -2.14. The second-order valence-electron chi connectivity index (χ2n) is 3.90. The lowest BCUT2D eigenvalue weighted by atomic mass is 10.1. The summed E-state index contributed by atoms with van der Waals surface area (Å²) in [5, 5.41) is 3.19. The normalized spacial score (nSPS) is 13.5. The molecule has 0 bridgehead atoms. The molecule has 0 aliphatic heterocycles. The maximum absolute atomic E-state index is 11.4. The van der Waals surface area contributed by atoms with Crippen molar-refractivity contribution >= 4 is 10.0 Å². The van der Waals surface area contributed by atoms with Crippen LogP contribution in [-0.4, -0.2) is 27.3 Å². The highest BCUT2D eigenvalue weighted by Crippen LogP contribution is 2.10. The van der Waals surface area contributed by atoms with Gasteiger partial charge in [0.2, 0.25) is 10.0 Å². The van der Waals surface area contributed by atoms with E-state index in [2.05, 4.69) is 10.0 Å². The molecule has 1 rings (SSSR count). The largest absolute Gasteiger partial charge is 0.309 e. The Bertz CT molecular complexity index is 417. The molecule has 0 radical (unpaired) electrons. The third kappa shape index (κ3) is 5.30. The molecule has 0 saturated carbocycles. The molecule has 1 aromatic carbocycles. The summed E-state index contributed by atoms with van der Waals surface area (Å²) >= 11 is 0. The second-order valence-corrected chi connectivity index (χ2v) is 5.83. The molecule has 0 heterocycles. The quantitative estimate of drug-likeness (QED) is 0.772. The van der Waals surface area contributed by atoms with E-state index in [1.807, 2.05) is 37.3 Å². The van der Waals surface area contributed by atoms with Crippen LogP contribution in [0, 0.1) is 0 Å². The molecular weight excluding hydrogens is 236 g/mol. The Morgan fingerprint density at radius 1 is 1.24 bits per heavy atom. The molecule has 1 aromatic rings. The summed E-state index contributed by atoms with van der Waals surface area (Å²) in [6.45, 7) is 4.69. The predicted molar refractivity (Wildman–Crippen MR) is 70.3 cm³/mol. The first-order valence-corrected chi connectivity index (χ1v) is 7.46. The third-order valence-electron chi connectivity index (χ3n) is 2.49. The maximum Gasteiger partial charge on any atom is 0.212 e. The zero-order valence-electron chi connectivity index (χ0n) is 10.3. The molecule has 1 unspecified atom stereocenters. The van der Waals surface area contributed by atoms with Gasteiger partial charge in [-0.05, 0) is 12.5 Å². The summed E-state index contributed by atoms with van der Waals surface area (Å²) in [5.74, 6) is 0.109. The highest BCUT2D eigenvalue weighted by atomic mass is 32.2. The fourth-order valence-electron chi connectivity index (χ4n) is 1.56. The van der Waals surface area contributed by atoms with Crippen molar-refractivity contribution in [2.24, 2.45) is 0 Å². The molecule has 1 atom stereocenters. The molecule has 2 N–H and O–H groups in total. The summed E-state index contributed by atoms with van der Waals surface area (Å²) in [5.41, 5.74) is 1.16. The molecule has 0 fully saturated rings. The van der Waals surface area contributed by atoms with E-state index < -0.39 is 10.0 Å². The van der Waals surface area contributed by atoms with Gasteiger partial charge in [-0.1, -0.05) is 37.3 Å². The molecular formula is C12H20N2O2S. The molecule has 0 spiro atoms. The van der Waals surface area contributed by atoms with Crippen molar-refractivity contribution in [2.45, 2.75) is 19.9 Å². The van der Waals surface area contributed by atoms with Crippen LogP contribution >= 0.6 is 0 Å². The molecule has 17 heavy (non-hydrogen) atoms. The highest BCUT2D eigenvalue weighted by molar-refractivity contribution is 7.89. The van der Waals surface area contributed by atoms with Crippen LogP contribution in [0.5, 0.6) is 0 Å². The lowest BCUT2D eigenvalue weighted by Crippen LogP contribution is -2.32. The predicted octanol–water partition coefficient (Wildman–Crippen LogP) is 1.28. The zero-order chi connectivity index (χ0) is 12.7. The van der Waals surface area contributed by atoms with E-state index in [1.165, 1.54) is 0 Å². The average Bonchev–Trinajstić information content (AvgIpc) is 2.29. The van der Waals surface area contributed by atoms with Crippen molar-refractivity contribution in [2.75, 3.05) is 18.8 Å². The van der Waals surface area contributed by atoms with Crippen LogP contribution in [0.25, 0.3) is 0 Å². The summed E-state index contributed by atoms with van der Waals surface area (Å²) in [7, 11) is -3.12. The van der Waals surface area contributed by atoms with Crippen molar-refractivity contribution in [3.63, 3.8) is 0 Å². The fraction of sp³-hybridized carbons (Fsp3) is 0.500. The second kappa shape index (κ2) is 6.74. The Morgan fingerprint density at radius 3 is 2.47 bits per heavy atom. The highest BCUT2D eigenvalue weighted by Gasteiger charge is 2.09. The topological polar surface area (TPSA) is 58.2 Å². The first-order valence-electron chi connectivity index (χ1n) is 5.81. The van der Waals surface area contributed by atoms with Gasteiger partial charge in [-0.2, -0.15) is 0 Å². The van der Waals surface area contributed by atoms with E-state index in [-0.39, 0.29) is 11.8 Å². The minimum atomic E-state index is -3.12. The van der Waals surface area contributed by atoms with Crippen LogP contribution in [-0.2, 0) is 10.0 Å². The van der Waals surface area contributed by atoms with Gasteiger partial charge in [-0.3, -0.25) is 0 Å². The van der Waals surface area contributed by atoms with E-state index in [0.717, 1.165) is 5.56 Å². The van der Waals surface area contributed by atoms with Crippen molar-refractivity contribution in [1.29, 1.82) is 0 Å². The van der Waals surface area contributed by atoms with Gasteiger partial charge in [-0.25, -0.2) is 13.1 Å². The van der Waals surface area contributed by atoms with Gasteiger partial charge >= 0.3 is 0 Å². The van der Waals surface area contributed by atoms with Gasteiger partial charge in [0.1, 0.15) is 0 Å². The monoisotopic (exact) mass is 256 g/mol. The van der Waals surface area contributed by atoms with Gasteiger partial charge in [-0.15, -0.1) is 0 Å². The first-order chi connectivity index (χ1) is 8.05. The SMILES string of the molecule is CCNS(=O)(=O)CCNC(C)c1ccccc1. The third-order valence-corrected chi connectivity index (χ3v) is 3.96. The van der Waals surface area contributed by atoms with Gasteiger partial charge in [0, 0.05) is 19.1 Å². The Hall–Kier alpha value is -0.910. The number of sulfonamides is 1. The first kappa shape index (κ1) is 14.2. The maximum atomic E-state index is 11.4. The standard InChI is InChI=1S/C12H20N2O2S/c1-3-14-17(15,16)10-9-13-11(2)12-7-5-4-6-8-12/h4-8,11,13-14H,3,9-10H2,1-2H3. The van der Waals surface area contributed by atoms with Crippen molar-refractivity contribution in [3.05, 3.63) is 35.9 Å². The number of rotatable bonds is 7. The zero-order valence-corrected chi connectivity index (χ0v) is 11.1. The molecule has 0 aliphatic carbocycles. The van der Waals surface area contributed by atoms with Crippen LogP contribution in [0.2, 0.25) is 0 Å². The van der Waals surface area contributed by atoms with Gasteiger partial charge < -0.3 is 5.32 Å². The van der Waals surface area contributed by atoms with Crippen molar-refractivity contribution < 1.29 is 8.42 Å². The summed E-state index contributed by atoms with van der Waals surface area (Å²) < 4.78 is 25.3. The summed E-state index contributed by atoms with van der Waals surface area (Å²) in [6, 6.07) is 10.1. The Kier molecular flexibility index (Phi) is 5.61. The number of hydrogen-bond acceptors (Lipinski definition) is 3. The van der Waals surface area contributed by atoms with Gasteiger partial charge in [0.25, 0.3) is 0 Å². The van der Waals surface area contributed by atoms with E-state index in [1.54, 1.807) is 6.92 Å². The minimum Gasteiger partial charge on any atom is -0.309 e. The lowest BCUT2D eigenvalue weighted by molar-refractivity contribution is 0.564. The van der Waals surface area contributed by atoms with E-state index >= 15 is 0 Å². The summed E-state index contributed by atoms with van der Waals surface area (Å²) in [4.78, 5) is 0. The molecule has 0 amide bonds. The molecule has 96 valence electrons. The molecule has 0 aromatic heterocycles. The Labute approximate surface area is 103 Å². The molecule has 0 aliphatic rings. The van der Waals surface area contributed by atoms with Crippen LogP contribution in [0.4, 0.5) is 0 Å². The van der Waals surface area contributed by atoms with Crippen LogP contribution < -0.4 is 10.0 Å².